The number of aromatic nitrogens is 3. The molecule has 0 unspecified atom stereocenters. The molecule has 6 heteroatoms. The van der Waals surface area contributed by atoms with Crippen molar-refractivity contribution in [1.82, 2.24) is 14.8 Å². The monoisotopic (exact) mass is 280 g/mol. The summed E-state index contributed by atoms with van der Waals surface area (Å²) < 4.78 is 15.7. The van der Waals surface area contributed by atoms with Crippen LogP contribution in [0, 0.1) is 19.7 Å². The van der Waals surface area contributed by atoms with Crippen LogP contribution >= 0.6 is 11.6 Å². The molecule has 2 aromatic rings. The first kappa shape index (κ1) is 12.4. The van der Waals surface area contributed by atoms with Gasteiger partial charge in [0, 0.05) is 0 Å². The summed E-state index contributed by atoms with van der Waals surface area (Å²) in [5, 5.41) is 11.7. The molecule has 1 aromatic carbocycles. The fourth-order valence-electron chi connectivity index (χ4n) is 2.55. The lowest BCUT2D eigenvalue weighted by Gasteiger charge is -2.35. The predicted molar refractivity (Wildman–Crippen MR) is 72.4 cm³/mol. The molecule has 0 amide bonds. The summed E-state index contributed by atoms with van der Waals surface area (Å²) in [6.45, 7) is 7.65. The third-order valence-corrected chi connectivity index (χ3v) is 3.80. The van der Waals surface area contributed by atoms with Crippen molar-refractivity contribution < 1.29 is 4.39 Å². The first-order chi connectivity index (χ1) is 8.83. The Labute approximate surface area is 115 Å². The summed E-state index contributed by atoms with van der Waals surface area (Å²) in [5.41, 5.74) is 1.75. The molecule has 100 valence electrons. The van der Waals surface area contributed by atoms with Gasteiger partial charge in [0.2, 0.25) is 0 Å². The van der Waals surface area contributed by atoms with Crippen LogP contribution in [0.1, 0.15) is 31.1 Å². The van der Waals surface area contributed by atoms with Crippen molar-refractivity contribution in [3.63, 3.8) is 0 Å². The highest BCUT2D eigenvalue weighted by Gasteiger charge is 2.36. The lowest BCUT2D eigenvalue weighted by molar-refractivity contribution is 0.532. The van der Waals surface area contributed by atoms with Gasteiger partial charge >= 0.3 is 0 Å². The van der Waals surface area contributed by atoms with Gasteiger partial charge in [-0.15, -0.1) is 10.2 Å². The van der Waals surface area contributed by atoms with Gasteiger partial charge in [-0.1, -0.05) is 11.6 Å². The number of hydrogen-bond donors (Lipinski definition) is 1. The van der Waals surface area contributed by atoms with Crippen LogP contribution in [0.3, 0.4) is 0 Å². The largest absolute Gasteiger partial charge is 0.370 e. The molecule has 0 bridgehead atoms. The zero-order valence-electron chi connectivity index (χ0n) is 11.2. The molecule has 0 saturated heterocycles. The minimum Gasteiger partial charge on any atom is -0.370 e. The number of nitrogens with zero attached hydrogens (tertiary/aromatic N) is 3. The minimum absolute atomic E-state index is 0.104. The van der Waals surface area contributed by atoms with Crippen molar-refractivity contribution in [2.24, 2.45) is 0 Å². The normalized spacial score (nSPS) is 15.7. The average Bonchev–Trinajstić information content (AvgIpc) is 2.69. The third kappa shape index (κ3) is 1.57. The van der Waals surface area contributed by atoms with Crippen molar-refractivity contribution in [3.8, 4) is 5.69 Å². The molecule has 0 saturated carbocycles. The summed E-state index contributed by atoms with van der Waals surface area (Å²) in [6, 6.07) is 1.43. The molecular weight excluding hydrogens is 267 g/mol. The van der Waals surface area contributed by atoms with E-state index in [4.69, 9.17) is 11.6 Å². The SMILES string of the molecule is Cc1cc(F)c(Cl)c2c1-n1c(C)nnc1C(C)(C)N2. The van der Waals surface area contributed by atoms with Crippen molar-refractivity contribution in [3.05, 3.63) is 34.1 Å². The molecule has 19 heavy (non-hydrogen) atoms. The number of aryl methyl sites for hydroxylation is 2. The highest BCUT2D eigenvalue weighted by atomic mass is 35.5. The summed E-state index contributed by atoms with van der Waals surface area (Å²) in [7, 11) is 0. The molecule has 1 aromatic heterocycles. The van der Waals surface area contributed by atoms with Gasteiger partial charge in [-0.25, -0.2) is 4.39 Å². The number of fused-ring (bicyclic) bond motifs is 3. The van der Waals surface area contributed by atoms with Gasteiger partial charge in [-0.2, -0.15) is 0 Å². The fraction of sp³-hybridized carbons (Fsp3) is 0.385. The van der Waals surface area contributed by atoms with Crippen LogP contribution in [0.25, 0.3) is 5.69 Å². The molecule has 1 N–H and O–H groups in total. The average molecular weight is 281 g/mol. The van der Waals surface area contributed by atoms with Crippen LogP contribution in [0.4, 0.5) is 10.1 Å². The smallest absolute Gasteiger partial charge is 0.162 e. The lowest BCUT2D eigenvalue weighted by Crippen LogP contribution is -2.36. The minimum atomic E-state index is -0.460. The van der Waals surface area contributed by atoms with E-state index in [2.05, 4.69) is 15.5 Å². The summed E-state index contributed by atoms with van der Waals surface area (Å²) >= 11 is 6.10. The maximum Gasteiger partial charge on any atom is 0.162 e. The first-order valence-corrected chi connectivity index (χ1v) is 6.40. The van der Waals surface area contributed by atoms with E-state index in [1.807, 2.05) is 32.3 Å². The van der Waals surface area contributed by atoms with E-state index in [0.717, 1.165) is 22.9 Å². The highest BCUT2D eigenvalue weighted by Crippen LogP contribution is 2.43. The number of hydrogen-bond acceptors (Lipinski definition) is 3. The maximum atomic E-state index is 13.8. The Morgan fingerprint density at radius 3 is 2.68 bits per heavy atom. The van der Waals surface area contributed by atoms with Crippen LogP contribution in [-0.2, 0) is 5.54 Å². The topological polar surface area (TPSA) is 42.7 Å². The number of nitrogens with one attached hydrogen (secondary N) is 1. The molecule has 0 atom stereocenters. The Hall–Kier alpha value is -1.62. The van der Waals surface area contributed by atoms with Gasteiger partial charge < -0.3 is 5.32 Å². The van der Waals surface area contributed by atoms with Crippen LogP contribution < -0.4 is 5.32 Å². The van der Waals surface area contributed by atoms with Crippen molar-refractivity contribution in [1.29, 1.82) is 0 Å². The van der Waals surface area contributed by atoms with Crippen LogP contribution in [-0.4, -0.2) is 14.8 Å². The first-order valence-electron chi connectivity index (χ1n) is 6.02. The van der Waals surface area contributed by atoms with Gasteiger partial charge in [-0.05, 0) is 39.3 Å². The van der Waals surface area contributed by atoms with E-state index in [1.54, 1.807) is 0 Å². The van der Waals surface area contributed by atoms with E-state index < -0.39 is 11.4 Å². The van der Waals surface area contributed by atoms with Gasteiger partial charge in [0.05, 0.1) is 16.9 Å². The molecule has 0 fully saturated rings. The Morgan fingerprint density at radius 2 is 2.00 bits per heavy atom. The Balaban J connectivity index is 2.44. The van der Waals surface area contributed by atoms with E-state index in [1.165, 1.54) is 6.07 Å². The number of rotatable bonds is 0. The quantitative estimate of drug-likeness (QED) is 0.805. The number of anilines is 1. The second kappa shape index (κ2) is 3.70. The van der Waals surface area contributed by atoms with E-state index >= 15 is 0 Å². The van der Waals surface area contributed by atoms with Crippen molar-refractivity contribution in [2.75, 3.05) is 5.32 Å². The molecule has 0 aliphatic carbocycles. The van der Waals surface area contributed by atoms with Crippen molar-refractivity contribution in [2.45, 2.75) is 33.2 Å². The zero-order chi connectivity index (χ0) is 13.9. The lowest BCUT2D eigenvalue weighted by atomic mass is 9.98. The maximum absolute atomic E-state index is 13.8. The number of halogens is 2. The predicted octanol–water partition coefficient (Wildman–Crippen LogP) is 3.34. The van der Waals surface area contributed by atoms with Gasteiger partial charge in [0.25, 0.3) is 0 Å². The molecule has 1 aliphatic rings. The molecule has 2 heterocycles. The summed E-state index contributed by atoms with van der Waals surface area (Å²) in [4.78, 5) is 0. The molecule has 4 nitrogen and oxygen atoms in total. The summed E-state index contributed by atoms with van der Waals surface area (Å²) in [5.74, 6) is 1.13. The molecule has 0 radical (unpaired) electrons. The Morgan fingerprint density at radius 1 is 1.32 bits per heavy atom. The molecule has 1 aliphatic heterocycles. The van der Waals surface area contributed by atoms with Crippen molar-refractivity contribution >= 4 is 17.3 Å². The number of benzene rings is 1. The van der Waals surface area contributed by atoms with E-state index in [9.17, 15) is 4.39 Å². The van der Waals surface area contributed by atoms with Gasteiger partial charge in [0.1, 0.15) is 16.7 Å². The molecule has 0 spiro atoms. The second-order valence-electron chi connectivity index (χ2n) is 5.37. The van der Waals surface area contributed by atoms with E-state index in [-0.39, 0.29) is 5.02 Å². The second-order valence-corrected chi connectivity index (χ2v) is 5.75. The van der Waals surface area contributed by atoms with Crippen LogP contribution in [0.15, 0.2) is 6.07 Å². The van der Waals surface area contributed by atoms with Gasteiger partial charge in [-0.3, -0.25) is 4.57 Å². The highest BCUT2D eigenvalue weighted by molar-refractivity contribution is 6.34. The molecular formula is C13H14ClFN4. The zero-order valence-corrected chi connectivity index (χ0v) is 11.9. The molecule has 3 rings (SSSR count). The van der Waals surface area contributed by atoms with E-state index in [0.29, 0.717) is 5.69 Å². The Kier molecular flexibility index (Phi) is 2.41. The Bertz CT molecular complexity index is 690. The van der Waals surface area contributed by atoms with Crippen LogP contribution in [0.2, 0.25) is 5.02 Å². The fourth-order valence-corrected chi connectivity index (χ4v) is 2.74. The summed E-state index contributed by atoms with van der Waals surface area (Å²) in [6.07, 6.45) is 0. The van der Waals surface area contributed by atoms with Gasteiger partial charge in [0.15, 0.2) is 5.82 Å². The third-order valence-electron chi connectivity index (χ3n) is 3.43. The van der Waals surface area contributed by atoms with Crippen LogP contribution in [0.5, 0.6) is 0 Å². The standard InChI is InChI=1S/C13H14ClFN4/c1-6-5-8(15)9(14)10-11(6)19-7(2)17-18-12(19)13(3,4)16-10/h5,16H,1-4H3.